The van der Waals surface area contributed by atoms with Gasteiger partial charge in [-0.25, -0.2) is 15.0 Å². The summed E-state index contributed by atoms with van der Waals surface area (Å²) >= 11 is 1.62. The highest BCUT2D eigenvalue weighted by atomic mass is 32.1. The quantitative estimate of drug-likeness (QED) is 0.782. The number of aromatic nitrogens is 5. The summed E-state index contributed by atoms with van der Waals surface area (Å²) in [6.45, 7) is 2.58. The van der Waals surface area contributed by atoms with E-state index in [0.717, 1.165) is 44.0 Å². The number of piperidine rings is 1. The van der Waals surface area contributed by atoms with E-state index in [1.807, 2.05) is 17.9 Å². The maximum atomic E-state index is 5.79. The molecule has 0 radical (unpaired) electrons. The molecule has 1 unspecified atom stereocenters. The number of nitrogen functional groups attached to an aromatic ring is 1. The lowest BCUT2D eigenvalue weighted by Crippen LogP contribution is -2.36. The lowest BCUT2D eigenvalue weighted by atomic mass is 9.97. The number of imidazole rings is 1. The van der Waals surface area contributed by atoms with Crippen LogP contribution in [0, 0.1) is 0 Å². The third-order valence-corrected chi connectivity index (χ3v) is 4.93. The smallest absolute Gasteiger partial charge is 0.227 e. The van der Waals surface area contributed by atoms with E-state index in [0.29, 0.717) is 17.7 Å². The van der Waals surface area contributed by atoms with Crippen LogP contribution in [-0.4, -0.2) is 37.6 Å². The fraction of sp³-hybridized carbons (Fsp3) is 0.375. The predicted octanol–water partition coefficient (Wildman–Crippen LogP) is 2.14. The fourth-order valence-electron chi connectivity index (χ4n) is 3.19. The number of hydrogen-bond donors (Lipinski definition) is 1. The van der Waals surface area contributed by atoms with Crippen molar-refractivity contribution < 1.29 is 0 Å². The third kappa shape index (κ3) is 3.09. The molecular formula is C16H19N7S. The molecule has 0 saturated carbocycles. The molecule has 0 amide bonds. The Hall–Kier alpha value is -2.48. The second-order valence-corrected chi connectivity index (χ2v) is 6.68. The fourth-order valence-corrected chi connectivity index (χ4v) is 3.74. The molecule has 1 atom stereocenters. The minimum atomic E-state index is 0.359. The molecule has 0 aromatic carbocycles. The highest BCUT2D eigenvalue weighted by molar-refractivity contribution is 7.07. The van der Waals surface area contributed by atoms with Gasteiger partial charge < -0.3 is 15.2 Å². The highest BCUT2D eigenvalue weighted by Gasteiger charge is 2.26. The van der Waals surface area contributed by atoms with Crippen molar-refractivity contribution in [3.63, 3.8) is 0 Å². The van der Waals surface area contributed by atoms with E-state index in [1.54, 1.807) is 23.6 Å². The van der Waals surface area contributed by atoms with Gasteiger partial charge >= 0.3 is 0 Å². The average molecular weight is 341 g/mol. The van der Waals surface area contributed by atoms with E-state index < -0.39 is 0 Å². The van der Waals surface area contributed by atoms with Crippen LogP contribution in [0.15, 0.2) is 35.5 Å². The first-order valence-electron chi connectivity index (χ1n) is 8.01. The van der Waals surface area contributed by atoms with Crippen LogP contribution < -0.4 is 10.6 Å². The first-order chi connectivity index (χ1) is 11.8. The molecule has 0 spiro atoms. The summed E-state index contributed by atoms with van der Waals surface area (Å²) in [6, 6.07) is 1.71. The molecule has 4 rings (SSSR count). The maximum absolute atomic E-state index is 5.79. The predicted molar refractivity (Wildman–Crippen MR) is 94.1 cm³/mol. The molecule has 0 bridgehead atoms. The number of nitrogens with two attached hydrogens (primary N) is 1. The lowest BCUT2D eigenvalue weighted by Gasteiger charge is -2.32. The zero-order valence-electron chi connectivity index (χ0n) is 13.2. The van der Waals surface area contributed by atoms with Gasteiger partial charge in [0.2, 0.25) is 5.95 Å². The van der Waals surface area contributed by atoms with E-state index in [1.165, 1.54) is 0 Å². The van der Waals surface area contributed by atoms with Crippen LogP contribution in [0.2, 0.25) is 0 Å². The Morgan fingerprint density at radius 3 is 3.04 bits per heavy atom. The molecule has 7 nitrogen and oxygen atoms in total. The van der Waals surface area contributed by atoms with Crippen LogP contribution in [0.5, 0.6) is 0 Å². The molecule has 1 saturated heterocycles. The normalized spacial score (nSPS) is 18.0. The van der Waals surface area contributed by atoms with Gasteiger partial charge in [0.15, 0.2) is 0 Å². The molecule has 0 aliphatic carbocycles. The number of anilines is 2. The lowest BCUT2D eigenvalue weighted by molar-refractivity contribution is 0.471. The number of hydrogen-bond acceptors (Lipinski definition) is 7. The van der Waals surface area contributed by atoms with Gasteiger partial charge in [0.05, 0.1) is 17.7 Å². The van der Waals surface area contributed by atoms with E-state index in [4.69, 9.17) is 5.73 Å². The van der Waals surface area contributed by atoms with Crippen molar-refractivity contribution in [2.45, 2.75) is 25.3 Å². The summed E-state index contributed by atoms with van der Waals surface area (Å²) in [4.78, 5) is 19.9. The molecule has 1 aliphatic heterocycles. The average Bonchev–Trinajstić information content (AvgIpc) is 3.27. The second-order valence-electron chi connectivity index (χ2n) is 5.96. The monoisotopic (exact) mass is 341 g/mol. The van der Waals surface area contributed by atoms with Crippen molar-refractivity contribution in [3.05, 3.63) is 47.1 Å². The molecule has 3 aromatic rings. The second kappa shape index (κ2) is 6.56. The van der Waals surface area contributed by atoms with Crippen LogP contribution in [0.25, 0.3) is 0 Å². The first-order valence-corrected chi connectivity index (χ1v) is 8.95. The zero-order chi connectivity index (χ0) is 16.4. The van der Waals surface area contributed by atoms with Gasteiger partial charge in [0, 0.05) is 43.0 Å². The zero-order valence-corrected chi connectivity index (χ0v) is 14.1. The molecular weight excluding hydrogens is 322 g/mol. The van der Waals surface area contributed by atoms with Gasteiger partial charge in [0.1, 0.15) is 11.6 Å². The Kier molecular flexibility index (Phi) is 4.12. The summed E-state index contributed by atoms with van der Waals surface area (Å²) in [5.74, 6) is 2.68. The van der Waals surface area contributed by atoms with Crippen molar-refractivity contribution >= 4 is 23.1 Å². The summed E-state index contributed by atoms with van der Waals surface area (Å²) in [7, 11) is 0. The number of rotatable bonds is 4. The van der Waals surface area contributed by atoms with Gasteiger partial charge in [-0.1, -0.05) is 0 Å². The summed E-state index contributed by atoms with van der Waals surface area (Å²) < 4.78 is 2.20. The van der Waals surface area contributed by atoms with Gasteiger partial charge in [-0.3, -0.25) is 0 Å². The van der Waals surface area contributed by atoms with Crippen molar-refractivity contribution in [1.29, 1.82) is 0 Å². The molecule has 3 aromatic heterocycles. The van der Waals surface area contributed by atoms with Crippen molar-refractivity contribution in [3.8, 4) is 0 Å². The first kappa shape index (κ1) is 15.1. The van der Waals surface area contributed by atoms with E-state index in [-0.39, 0.29) is 0 Å². The standard InChI is InChI=1S/C16H19N7S/c17-14-3-4-19-16(21-14)23-6-1-2-12(8-23)15-18-5-7-22(15)9-13-10-24-11-20-13/h3-5,7,10-12H,1-2,6,8-9H2,(H2,17,19,21). The minimum Gasteiger partial charge on any atom is -0.384 e. The number of thiazole rings is 1. The molecule has 24 heavy (non-hydrogen) atoms. The molecule has 124 valence electrons. The van der Waals surface area contributed by atoms with Crippen molar-refractivity contribution in [2.24, 2.45) is 0 Å². The topological polar surface area (TPSA) is 85.8 Å². The number of nitrogens with zero attached hydrogens (tertiary/aromatic N) is 6. The van der Waals surface area contributed by atoms with Gasteiger partial charge in [-0.15, -0.1) is 11.3 Å². The van der Waals surface area contributed by atoms with Crippen LogP contribution in [0.3, 0.4) is 0 Å². The molecule has 4 heterocycles. The largest absolute Gasteiger partial charge is 0.384 e. The van der Waals surface area contributed by atoms with E-state index in [2.05, 4.69) is 34.8 Å². The Labute approximate surface area is 144 Å². The van der Waals surface area contributed by atoms with Crippen molar-refractivity contribution in [1.82, 2.24) is 24.5 Å². The van der Waals surface area contributed by atoms with Crippen LogP contribution >= 0.6 is 11.3 Å². The third-order valence-electron chi connectivity index (χ3n) is 4.30. The summed E-state index contributed by atoms with van der Waals surface area (Å²) in [5, 5.41) is 2.08. The maximum Gasteiger partial charge on any atom is 0.227 e. The van der Waals surface area contributed by atoms with E-state index >= 15 is 0 Å². The summed E-state index contributed by atoms with van der Waals surface area (Å²) in [6.07, 6.45) is 7.83. The van der Waals surface area contributed by atoms with Crippen LogP contribution in [0.1, 0.15) is 30.3 Å². The van der Waals surface area contributed by atoms with E-state index in [9.17, 15) is 0 Å². The molecule has 1 fully saturated rings. The highest BCUT2D eigenvalue weighted by Crippen LogP contribution is 2.28. The molecule has 1 aliphatic rings. The Morgan fingerprint density at radius 1 is 1.25 bits per heavy atom. The SMILES string of the molecule is Nc1ccnc(N2CCCC(c3nccn3Cc3cscn3)C2)n1. The van der Waals surface area contributed by atoms with Crippen LogP contribution in [0.4, 0.5) is 11.8 Å². The summed E-state index contributed by atoms with van der Waals surface area (Å²) in [5.41, 5.74) is 8.74. The Bertz CT molecular complexity index is 798. The molecule has 2 N–H and O–H groups in total. The Balaban J connectivity index is 1.53. The van der Waals surface area contributed by atoms with Gasteiger partial charge in [-0.05, 0) is 18.9 Å². The van der Waals surface area contributed by atoms with Gasteiger partial charge in [-0.2, -0.15) is 4.98 Å². The van der Waals surface area contributed by atoms with Crippen LogP contribution in [-0.2, 0) is 6.54 Å². The molecule has 8 heteroatoms. The minimum absolute atomic E-state index is 0.359. The Morgan fingerprint density at radius 2 is 2.21 bits per heavy atom. The van der Waals surface area contributed by atoms with Gasteiger partial charge in [0.25, 0.3) is 0 Å². The van der Waals surface area contributed by atoms with Crippen molar-refractivity contribution in [2.75, 3.05) is 23.7 Å².